The molecule has 1 heterocycles. The van der Waals surface area contributed by atoms with Crippen LogP contribution in [0.4, 0.5) is 0 Å². The largest absolute Gasteiger partial charge is 0.481 e. The average Bonchev–Trinajstić information content (AvgIpc) is 2.29. The fourth-order valence-corrected chi connectivity index (χ4v) is 0.830. The third kappa shape index (κ3) is 1.75. The molecule has 0 aromatic carbocycles. The van der Waals surface area contributed by atoms with Crippen LogP contribution < -0.4 is 4.74 Å². The summed E-state index contributed by atoms with van der Waals surface area (Å²) < 4.78 is 9.81. The molecule has 0 unspecified atom stereocenters. The monoisotopic (exact) mass is 171 g/mol. The zero-order valence-electron chi connectivity index (χ0n) is 6.83. The van der Waals surface area contributed by atoms with Gasteiger partial charge in [-0.25, -0.2) is 0 Å². The van der Waals surface area contributed by atoms with Crippen LogP contribution in [0.15, 0.2) is 4.42 Å². The average molecular weight is 171 g/mol. The second-order valence-corrected chi connectivity index (χ2v) is 2.24. The van der Waals surface area contributed by atoms with E-state index >= 15 is 0 Å². The first kappa shape index (κ1) is 8.58. The lowest BCUT2D eigenvalue weighted by Crippen LogP contribution is -1.99. The van der Waals surface area contributed by atoms with Crippen LogP contribution in [-0.2, 0) is 11.2 Å². The summed E-state index contributed by atoms with van der Waals surface area (Å²) in [5.41, 5.74) is 0. The van der Waals surface area contributed by atoms with Gasteiger partial charge < -0.3 is 14.3 Å². The van der Waals surface area contributed by atoms with Crippen LogP contribution in [0.5, 0.6) is 5.88 Å². The van der Waals surface area contributed by atoms with Crippen molar-refractivity contribution in [2.45, 2.75) is 13.3 Å². The number of rotatable bonds is 3. The van der Waals surface area contributed by atoms with E-state index in [0.717, 1.165) is 0 Å². The number of carboxylic acid groups (broad SMARTS) is 1. The molecule has 1 aromatic rings. The van der Waals surface area contributed by atoms with E-state index in [9.17, 15) is 4.79 Å². The van der Waals surface area contributed by atoms with Gasteiger partial charge in [-0.05, 0) is 6.92 Å². The Bertz CT molecular complexity index is 292. The Morgan fingerprint density at radius 2 is 2.42 bits per heavy atom. The molecule has 0 radical (unpaired) electrons. The van der Waals surface area contributed by atoms with E-state index in [1.807, 2.05) is 0 Å². The van der Waals surface area contributed by atoms with E-state index in [2.05, 4.69) is 4.98 Å². The molecule has 0 fully saturated rings. The molecular weight excluding hydrogens is 162 g/mol. The molecule has 0 aliphatic carbocycles. The molecule has 12 heavy (non-hydrogen) atoms. The number of hydrogen-bond acceptors (Lipinski definition) is 4. The van der Waals surface area contributed by atoms with Gasteiger partial charge in [-0.2, -0.15) is 4.98 Å². The summed E-state index contributed by atoms with van der Waals surface area (Å²) in [7, 11) is 1.45. The highest BCUT2D eigenvalue weighted by Crippen LogP contribution is 2.17. The molecule has 0 amide bonds. The van der Waals surface area contributed by atoms with E-state index in [1.165, 1.54) is 7.11 Å². The summed E-state index contributed by atoms with van der Waals surface area (Å²) >= 11 is 0. The SMILES string of the molecule is COc1nc(CC(=O)O)oc1C. The van der Waals surface area contributed by atoms with Gasteiger partial charge in [0, 0.05) is 0 Å². The molecule has 0 atom stereocenters. The van der Waals surface area contributed by atoms with Gasteiger partial charge in [0.05, 0.1) is 7.11 Å². The molecule has 0 aliphatic rings. The number of ether oxygens (including phenoxy) is 1. The number of nitrogens with zero attached hydrogens (tertiary/aromatic N) is 1. The first-order valence-electron chi connectivity index (χ1n) is 3.35. The molecule has 1 N–H and O–H groups in total. The van der Waals surface area contributed by atoms with Crippen LogP contribution in [0.3, 0.4) is 0 Å². The van der Waals surface area contributed by atoms with Crippen LogP contribution in [0.2, 0.25) is 0 Å². The highest BCUT2D eigenvalue weighted by Gasteiger charge is 2.11. The Morgan fingerprint density at radius 1 is 1.75 bits per heavy atom. The predicted octanol–water partition coefficient (Wildman–Crippen LogP) is 0.619. The number of aromatic nitrogens is 1. The molecule has 1 rings (SSSR count). The lowest BCUT2D eigenvalue weighted by molar-refractivity contribution is -0.136. The van der Waals surface area contributed by atoms with Gasteiger partial charge in [0.15, 0.2) is 5.76 Å². The van der Waals surface area contributed by atoms with Crippen molar-refractivity contribution >= 4 is 5.97 Å². The van der Waals surface area contributed by atoms with Crippen LogP contribution in [0, 0.1) is 6.92 Å². The van der Waals surface area contributed by atoms with Crippen LogP contribution in [0.1, 0.15) is 11.7 Å². The highest BCUT2D eigenvalue weighted by atomic mass is 16.5. The lowest BCUT2D eigenvalue weighted by Gasteiger charge is -1.88. The molecule has 0 saturated carbocycles. The third-order valence-electron chi connectivity index (χ3n) is 1.29. The zero-order chi connectivity index (χ0) is 9.14. The third-order valence-corrected chi connectivity index (χ3v) is 1.29. The molecule has 0 bridgehead atoms. The Hall–Kier alpha value is -1.52. The van der Waals surface area contributed by atoms with Gasteiger partial charge in [0.2, 0.25) is 5.89 Å². The highest BCUT2D eigenvalue weighted by molar-refractivity contribution is 5.68. The van der Waals surface area contributed by atoms with Gasteiger partial charge in [-0.15, -0.1) is 0 Å². The van der Waals surface area contributed by atoms with Crippen molar-refractivity contribution in [2.24, 2.45) is 0 Å². The summed E-state index contributed by atoms with van der Waals surface area (Å²) in [4.78, 5) is 14.0. The first-order valence-corrected chi connectivity index (χ1v) is 3.35. The molecular formula is C7H9NO4. The van der Waals surface area contributed by atoms with Crippen molar-refractivity contribution in [1.29, 1.82) is 0 Å². The minimum atomic E-state index is -0.973. The number of methoxy groups -OCH3 is 1. The van der Waals surface area contributed by atoms with Gasteiger partial charge >= 0.3 is 5.97 Å². The molecule has 0 spiro atoms. The maximum atomic E-state index is 10.2. The van der Waals surface area contributed by atoms with Crippen molar-refractivity contribution in [3.63, 3.8) is 0 Å². The van der Waals surface area contributed by atoms with Crippen molar-refractivity contribution in [3.05, 3.63) is 11.7 Å². The van der Waals surface area contributed by atoms with Crippen molar-refractivity contribution in [3.8, 4) is 5.88 Å². The molecule has 5 heteroatoms. The maximum absolute atomic E-state index is 10.2. The Labute approximate surface area is 69.0 Å². The number of hydrogen-bond donors (Lipinski definition) is 1. The number of aryl methyl sites for hydroxylation is 1. The van der Waals surface area contributed by atoms with Crippen molar-refractivity contribution < 1.29 is 19.1 Å². The lowest BCUT2D eigenvalue weighted by atomic mass is 10.4. The normalized spacial score (nSPS) is 9.83. The Morgan fingerprint density at radius 3 is 2.83 bits per heavy atom. The summed E-state index contributed by atoms with van der Waals surface area (Å²) in [5.74, 6) is 0.0238. The molecule has 0 aliphatic heterocycles. The quantitative estimate of drug-likeness (QED) is 0.721. The van der Waals surface area contributed by atoms with Gasteiger partial charge in [0.25, 0.3) is 5.88 Å². The van der Waals surface area contributed by atoms with Gasteiger partial charge in [0.1, 0.15) is 6.42 Å². The number of oxazole rings is 1. The van der Waals surface area contributed by atoms with E-state index in [1.54, 1.807) is 6.92 Å². The second kappa shape index (κ2) is 3.25. The Kier molecular flexibility index (Phi) is 2.32. The first-order chi connectivity index (χ1) is 5.63. The second-order valence-electron chi connectivity index (χ2n) is 2.24. The van der Waals surface area contributed by atoms with E-state index in [-0.39, 0.29) is 12.3 Å². The van der Waals surface area contributed by atoms with Crippen LogP contribution in [-0.4, -0.2) is 23.2 Å². The fraction of sp³-hybridized carbons (Fsp3) is 0.429. The topological polar surface area (TPSA) is 72.6 Å². The van der Waals surface area contributed by atoms with Gasteiger partial charge in [-0.3, -0.25) is 4.79 Å². The summed E-state index contributed by atoms with van der Waals surface area (Å²) in [6.07, 6.45) is -0.218. The summed E-state index contributed by atoms with van der Waals surface area (Å²) in [5, 5.41) is 8.40. The van der Waals surface area contributed by atoms with Gasteiger partial charge in [-0.1, -0.05) is 0 Å². The smallest absolute Gasteiger partial charge is 0.312 e. The van der Waals surface area contributed by atoms with E-state index in [4.69, 9.17) is 14.3 Å². The van der Waals surface area contributed by atoms with Crippen molar-refractivity contribution in [2.75, 3.05) is 7.11 Å². The molecule has 1 aromatic heterocycles. The standard InChI is InChI=1S/C7H9NO4/c1-4-7(11-2)8-5(12-4)3-6(9)10/h3H2,1-2H3,(H,9,10). The summed E-state index contributed by atoms with van der Waals surface area (Å²) in [6, 6.07) is 0. The number of carboxylic acids is 1. The fourth-order valence-electron chi connectivity index (χ4n) is 0.830. The summed E-state index contributed by atoms with van der Waals surface area (Å²) in [6.45, 7) is 1.66. The van der Waals surface area contributed by atoms with E-state index < -0.39 is 5.97 Å². The minimum absolute atomic E-state index is 0.164. The minimum Gasteiger partial charge on any atom is -0.481 e. The zero-order valence-corrected chi connectivity index (χ0v) is 6.83. The maximum Gasteiger partial charge on any atom is 0.312 e. The molecule has 5 nitrogen and oxygen atoms in total. The van der Waals surface area contributed by atoms with Crippen LogP contribution in [0.25, 0.3) is 0 Å². The number of aliphatic carboxylic acids is 1. The van der Waals surface area contributed by atoms with E-state index in [0.29, 0.717) is 11.6 Å². The predicted molar refractivity (Wildman–Crippen MR) is 39.1 cm³/mol. The molecule has 66 valence electrons. The molecule has 0 saturated heterocycles. The number of carbonyl (C=O) groups is 1. The Balaban J connectivity index is 2.82. The van der Waals surface area contributed by atoms with Crippen molar-refractivity contribution in [1.82, 2.24) is 4.98 Å². The van der Waals surface area contributed by atoms with Crippen LogP contribution >= 0.6 is 0 Å².